The summed E-state index contributed by atoms with van der Waals surface area (Å²) in [6.07, 6.45) is 12.0. The summed E-state index contributed by atoms with van der Waals surface area (Å²) in [7, 11) is 0. The number of piperazine rings is 1. The van der Waals surface area contributed by atoms with E-state index in [1.54, 1.807) is 12.3 Å². The van der Waals surface area contributed by atoms with Crippen molar-refractivity contribution in [3.8, 4) is 0 Å². The Kier molecular flexibility index (Phi) is 7.96. The minimum Gasteiger partial charge on any atom is -0.354 e. The molecule has 1 unspecified atom stereocenters. The zero-order chi connectivity index (χ0) is 18.8. The molecule has 1 fully saturated rings. The van der Waals surface area contributed by atoms with E-state index in [4.69, 9.17) is 0 Å². The maximum absolute atomic E-state index is 4.62. The van der Waals surface area contributed by atoms with Crippen molar-refractivity contribution in [1.29, 1.82) is 0 Å². The van der Waals surface area contributed by atoms with Gasteiger partial charge in [-0.15, -0.1) is 0 Å². The number of hydrogen-bond acceptors (Lipinski definition) is 5. The summed E-state index contributed by atoms with van der Waals surface area (Å²) in [4.78, 5) is 16.0. The highest BCUT2D eigenvalue weighted by Gasteiger charge is 2.15. The molecule has 5 heteroatoms. The second-order valence-corrected chi connectivity index (χ2v) is 6.28. The van der Waals surface area contributed by atoms with Crippen molar-refractivity contribution >= 4 is 11.5 Å². The average molecular weight is 351 g/mol. The van der Waals surface area contributed by atoms with Crippen LogP contribution < -0.4 is 10.2 Å². The lowest BCUT2D eigenvalue weighted by molar-refractivity contribution is 0.583. The Hall–Kier alpha value is -2.53. The molecule has 1 atom stereocenters. The third-order valence-electron chi connectivity index (χ3n) is 4.22. The van der Waals surface area contributed by atoms with Crippen LogP contribution in [0.3, 0.4) is 0 Å². The maximum atomic E-state index is 4.62. The van der Waals surface area contributed by atoms with Gasteiger partial charge in [-0.1, -0.05) is 50.5 Å². The molecule has 1 aliphatic heterocycles. The summed E-state index contributed by atoms with van der Waals surface area (Å²) in [6, 6.07) is 2.09. The minimum absolute atomic E-state index is 0.195. The lowest BCUT2D eigenvalue weighted by Gasteiger charge is -2.28. The first-order valence-electron chi connectivity index (χ1n) is 9.07. The van der Waals surface area contributed by atoms with Crippen molar-refractivity contribution in [3.05, 3.63) is 67.3 Å². The van der Waals surface area contributed by atoms with Gasteiger partial charge >= 0.3 is 0 Å². The van der Waals surface area contributed by atoms with E-state index < -0.39 is 0 Å². The first kappa shape index (κ1) is 19.8. The van der Waals surface area contributed by atoms with Crippen LogP contribution in [0.4, 0.5) is 5.82 Å². The second-order valence-electron chi connectivity index (χ2n) is 6.28. The lowest BCUT2D eigenvalue weighted by atomic mass is 10.00. The van der Waals surface area contributed by atoms with Crippen LogP contribution in [0, 0.1) is 12.8 Å². The quantitative estimate of drug-likeness (QED) is 0.577. The Morgan fingerprint density at radius 1 is 1.27 bits per heavy atom. The Labute approximate surface area is 157 Å². The van der Waals surface area contributed by atoms with Gasteiger partial charge in [0, 0.05) is 56.5 Å². The number of anilines is 1. The van der Waals surface area contributed by atoms with Gasteiger partial charge in [0.2, 0.25) is 0 Å². The molecule has 138 valence electrons. The molecule has 0 bridgehead atoms. The molecule has 0 amide bonds. The zero-order valence-electron chi connectivity index (χ0n) is 15.9. The molecule has 0 saturated carbocycles. The van der Waals surface area contributed by atoms with Gasteiger partial charge in [-0.2, -0.15) is 0 Å². The molecule has 0 aromatic carbocycles. The predicted octanol–water partition coefficient (Wildman–Crippen LogP) is 3.26. The highest BCUT2D eigenvalue weighted by molar-refractivity contribution is 5.90. The number of aromatic nitrogens is 2. The smallest absolute Gasteiger partial charge is 0.132 e. The standard InChI is InChI=1S/C21H29N5/c1-5-7-8-9-10-17(3)20(23-6-2)15-19-16-21(25-18(4)24-19)26-13-11-22-12-14-26/h5-10,16-17,22H,1-2,11-15H2,3-4H3/b8-7-,10-9?,23-20?. The van der Waals surface area contributed by atoms with Crippen LogP contribution in [0.5, 0.6) is 0 Å². The fraction of sp³-hybridized carbons (Fsp3) is 0.381. The third-order valence-corrected chi connectivity index (χ3v) is 4.22. The fourth-order valence-electron chi connectivity index (χ4n) is 2.87. The van der Waals surface area contributed by atoms with Crippen LogP contribution in [-0.2, 0) is 6.42 Å². The van der Waals surface area contributed by atoms with Crippen molar-refractivity contribution in [1.82, 2.24) is 15.3 Å². The van der Waals surface area contributed by atoms with E-state index in [1.807, 2.05) is 25.2 Å². The van der Waals surface area contributed by atoms with Gasteiger partial charge in [-0.05, 0) is 6.92 Å². The molecule has 2 rings (SSSR count). The lowest BCUT2D eigenvalue weighted by Crippen LogP contribution is -2.44. The summed E-state index contributed by atoms with van der Waals surface area (Å²) in [6.45, 7) is 15.4. The van der Waals surface area contributed by atoms with Crippen molar-refractivity contribution in [2.24, 2.45) is 10.9 Å². The van der Waals surface area contributed by atoms with Crippen LogP contribution in [0.15, 0.2) is 60.8 Å². The van der Waals surface area contributed by atoms with Gasteiger partial charge in [0.25, 0.3) is 0 Å². The summed E-state index contributed by atoms with van der Waals surface area (Å²) in [5, 5.41) is 3.37. The fourth-order valence-corrected chi connectivity index (χ4v) is 2.87. The molecule has 5 nitrogen and oxygen atoms in total. The Morgan fingerprint density at radius 3 is 2.73 bits per heavy atom. The maximum Gasteiger partial charge on any atom is 0.132 e. The van der Waals surface area contributed by atoms with Gasteiger partial charge in [-0.3, -0.25) is 4.99 Å². The van der Waals surface area contributed by atoms with Crippen molar-refractivity contribution in [2.45, 2.75) is 20.3 Å². The Bertz CT molecular complexity index is 696. The first-order valence-corrected chi connectivity index (χ1v) is 9.07. The molecule has 1 saturated heterocycles. The number of nitrogens with one attached hydrogen (secondary N) is 1. The van der Waals surface area contributed by atoms with Crippen molar-refractivity contribution in [3.63, 3.8) is 0 Å². The number of rotatable bonds is 8. The van der Waals surface area contributed by atoms with E-state index in [9.17, 15) is 0 Å². The third kappa shape index (κ3) is 6.08. The average Bonchev–Trinajstić information content (AvgIpc) is 2.65. The minimum atomic E-state index is 0.195. The summed E-state index contributed by atoms with van der Waals surface area (Å²) >= 11 is 0. The second kappa shape index (κ2) is 10.5. The van der Waals surface area contributed by atoms with E-state index in [2.05, 4.69) is 57.4 Å². The van der Waals surface area contributed by atoms with Gasteiger partial charge in [-0.25, -0.2) is 9.97 Å². The molecule has 1 aromatic rings. The summed E-state index contributed by atoms with van der Waals surface area (Å²) in [5.41, 5.74) is 2.03. The van der Waals surface area contributed by atoms with Crippen LogP contribution >= 0.6 is 0 Å². The largest absolute Gasteiger partial charge is 0.354 e. The molecular weight excluding hydrogens is 322 g/mol. The van der Waals surface area contributed by atoms with Crippen molar-refractivity contribution < 1.29 is 0 Å². The zero-order valence-corrected chi connectivity index (χ0v) is 15.9. The highest BCUT2D eigenvalue weighted by atomic mass is 15.2. The Balaban J connectivity index is 2.17. The SMILES string of the molecule is C=C/C=C\C=CC(C)C(Cc1cc(N2CCNCC2)nc(C)n1)=NC=C. The van der Waals surface area contributed by atoms with Gasteiger partial charge in [0.1, 0.15) is 11.6 Å². The molecule has 26 heavy (non-hydrogen) atoms. The first-order chi connectivity index (χ1) is 12.6. The molecule has 1 N–H and O–H groups in total. The predicted molar refractivity (Wildman–Crippen MR) is 111 cm³/mol. The van der Waals surface area contributed by atoms with Crippen molar-refractivity contribution in [2.75, 3.05) is 31.1 Å². The summed E-state index contributed by atoms with van der Waals surface area (Å²) < 4.78 is 0. The molecule has 0 spiro atoms. The van der Waals surface area contributed by atoms with Crippen LogP contribution in [0.1, 0.15) is 18.4 Å². The van der Waals surface area contributed by atoms with E-state index in [1.165, 1.54) is 0 Å². The normalized spacial score (nSPS) is 17.0. The topological polar surface area (TPSA) is 53.4 Å². The number of hydrogen-bond donors (Lipinski definition) is 1. The van der Waals surface area contributed by atoms with Gasteiger partial charge in [0.15, 0.2) is 0 Å². The van der Waals surface area contributed by atoms with E-state index in [0.717, 1.165) is 49.2 Å². The van der Waals surface area contributed by atoms with Crippen LogP contribution in [-0.4, -0.2) is 41.9 Å². The number of nitrogens with zero attached hydrogens (tertiary/aromatic N) is 4. The monoisotopic (exact) mass is 351 g/mol. The van der Waals surface area contributed by atoms with Crippen LogP contribution in [0.25, 0.3) is 0 Å². The number of allylic oxidation sites excluding steroid dienone is 5. The molecular formula is C21H29N5. The molecule has 0 radical (unpaired) electrons. The van der Waals surface area contributed by atoms with Gasteiger partial charge < -0.3 is 10.2 Å². The molecule has 1 aromatic heterocycles. The van der Waals surface area contributed by atoms with Gasteiger partial charge in [0.05, 0.1) is 5.69 Å². The molecule has 0 aliphatic carbocycles. The number of aliphatic imine (C=N–C) groups is 1. The summed E-state index contributed by atoms with van der Waals surface area (Å²) in [5.74, 6) is 2.00. The van der Waals surface area contributed by atoms with E-state index >= 15 is 0 Å². The Morgan fingerprint density at radius 2 is 2.04 bits per heavy atom. The number of aryl methyl sites for hydroxylation is 1. The van der Waals surface area contributed by atoms with E-state index in [-0.39, 0.29) is 5.92 Å². The van der Waals surface area contributed by atoms with Crippen LogP contribution in [0.2, 0.25) is 0 Å². The highest BCUT2D eigenvalue weighted by Crippen LogP contribution is 2.16. The molecule has 1 aliphatic rings. The van der Waals surface area contributed by atoms with E-state index in [0.29, 0.717) is 6.42 Å². The molecule has 2 heterocycles.